The second kappa shape index (κ2) is 13.1. The van der Waals surface area contributed by atoms with Crippen molar-refractivity contribution in [2.45, 2.75) is 39.3 Å². The van der Waals surface area contributed by atoms with Gasteiger partial charge in [0.2, 0.25) is 0 Å². The SMILES string of the molecule is CN(C)CCNCc1cc(OCCN2CCOCC2)cc(OCc2ccc(C(C)(C)C)cc2)c1. The van der Waals surface area contributed by atoms with Gasteiger partial charge in [0.25, 0.3) is 0 Å². The summed E-state index contributed by atoms with van der Waals surface area (Å²) in [6.45, 7) is 15.1. The van der Waals surface area contributed by atoms with Gasteiger partial charge in [-0.05, 0) is 48.3 Å². The van der Waals surface area contributed by atoms with E-state index in [1.165, 1.54) is 11.1 Å². The van der Waals surface area contributed by atoms with E-state index < -0.39 is 0 Å². The standard InChI is InChI=1S/C28H43N3O3/c1-28(2,3)25-8-6-23(7-9-25)22-34-27-19-24(21-29-10-11-30(4)5)18-26(20-27)33-17-14-31-12-15-32-16-13-31/h6-9,18-20,29H,10-17,21-22H2,1-5H3. The van der Waals surface area contributed by atoms with Gasteiger partial charge in [-0.3, -0.25) is 4.90 Å². The van der Waals surface area contributed by atoms with E-state index in [-0.39, 0.29) is 5.41 Å². The third kappa shape index (κ3) is 9.26. The normalized spacial score (nSPS) is 15.0. The van der Waals surface area contributed by atoms with E-state index in [0.717, 1.165) is 69.5 Å². The van der Waals surface area contributed by atoms with E-state index in [1.807, 2.05) is 6.07 Å². The third-order valence-electron chi connectivity index (χ3n) is 6.01. The average Bonchev–Trinajstić information content (AvgIpc) is 2.81. The fourth-order valence-electron chi connectivity index (χ4n) is 3.82. The lowest BCUT2D eigenvalue weighted by Gasteiger charge is -2.26. The topological polar surface area (TPSA) is 46.2 Å². The van der Waals surface area contributed by atoms with Gasteiger partial charge in [-0.15, -0.1) is 0 Å². The number of rotatable bonds is 12. The molecule has 0 atom stereocenters. The molecule has 3 rings (SSSR count). The maximum atomic E-state index is 6.20. The van der Waals surface area contributed by atoms with Crippen molar-refractivity contribution in [1.29, 1.82) is 0 Å². The molecule has 1 aliphatic rings. The van der Waals surface area contributed by atoms with E-state index in [9.17, 15) is 0 Å². The first-order chi connectivity index (χ1) is 16.3. The molecule has 1 N–H and O–H groups in total. The van der Waals surface area contributed by atoms with Crippen LogP contribution >= 0.6 is 0 Å². The number of nitrogens with one attached hydrogen (secondary N) is 1. The Bertz CT molecular complexity index is 856. The summed E-state index contributed by atoms with van der Waals surface area (Å²) >= 11 is 0. The zero-order valence-electron chi connectivity index (χ0n) is 21.7. The number of benzene rings is 2. The van der Waals surface area contributed by atoms with Crippen LogP contribution in [0.3, 0.4) is 0 Å². The Morgan fingerprint density at radius 1 is 0.941 bits per heavy atom. The highest BCUT2D eigenvalue weighted by Gasteiger charge is 2.13. The molecule has 34 heavy (non-hydrogen) atoms. The van der Waals surface area contributed by atoms with Gasteiger partial charge in [0.15, 0.2) is 0 Å². The van der Waals surface area contributed by atoms with Crippen LogP contribution in [-0.2, 0) is 23.3 Å². The second-order valence-corrected chi connectivity index (χ2v) is 10.3. The van der Waals surface area contributed by atoms with Gasteiger partial charge < -0.3 is 24.4 Å². The summed E-state index contributed by atoms with van der Waals surface area (Å²) in [4.78, 5) is 4.56. The Morgan fingerprint density at radius 2 is 1.62 bits per heavy atom. The smallest absolute Gasteiger partial charge is 0.123 e. The minimum atomic E-state index is 0.154. The van der Waals surface area contributed by atoms with Gasteiger partial charge >= 0.3 is 0 Å². The van der Waals surface area contributed by atoms with Crippen LogP contribution in [0.5, 0.6) is 11.5 Å². The molecule has 1 saturated heterocycles. The molecule has 0 bridgehead atoms. The first-order valence-corrected chi connectivity index (χ1v) is 12.4. The summed E-state index contributed by atoms with van der Waals surface area (Å²) in [5.41, 5.74) is 3.82. The monoisotopic (exact) mass is 469 g/mol. The number of ether oxygens (including phenoxy) is 3. The van der Waals surface area contributed by atoms with Crippen LogP contribution in [0.4, 0.5) is 0 Å². The van der Waals surface area contributed by atoms with Crippen molar-refractivity contribution in [3.05, 3.63) is 59.2 Å². The van der Waals surface area contributed by atoms with E-state index in [2.05, 4.69) is 86.4 Å². The second-order valence-electron chi connectivity index (χ2n) is 10.3. The summed E-state index contributed by atoms with van der Waals surface area (Å²) in [6, 6.07) is 15.0. The maximum absolute atomic E-state index is 6.20. The Kier molecular flexibility index (Phi) is 10.2. The summed E-state index contributed by atoms with van der Waals surface area (Å²) in [6.07, 6.45) is 0. The predicted molar refractivity (Wildman–Crippen MR) is 139 cm³/mol. The van der Waals surface area contributed by atoms with E-state index in [0.29, 0.717) is 13.2 Å². The Labute approximate surface area is 206 Å². The largest absolute Gasteiger partial charge is 0.492 e. The maximum Gasteiger partial charge on any atom is 0.123 e. The zero-order valence-corrected chi connectivity index (χ0v) is 21.7. The molecule has 2 aromatic carbocycles. The van der Waals surface area contributed by atoms with Gasteiger partial charge in [0.1, 0.15) is 24.7 Å². The molecule has 0 aromatic heterocycles. The van der Waals surface area contributed by atoms with Crippen molar-refractivity contribution < 1.29 is 14.2 Å². The molecule has 6 heteroatoms. The molecule has 0 aliphatic carbocycles. The lowest BCUT2D eigenvalue weighted by molar-refractivity contribution is 0.0322. The van der Waals surface area contributed by atoms with Crippen LogP contribution < -0.4 is 14.8 Å². The van der Waals surface area contributed by atoms with Crippen molar-refractivity contribution in [1.82, 2.24) is 15.1 Å². The van der Waals surface area contributed by atoms with Crippen LogP contribution in [0.1, 0.15) is 37.5 Å². The van der Waals surface area contributed by atoms with Crippen LogP contribution in [0.15, 0.2) is 42.5 Å². The van der Waals surface area contributed by atoms with E-state index in [4.69, 9.17) is 14.2 Å². The Hall–Kier alpha value is -2.12. The molecule has 1 heterocycles. The highest BCUT2D eigenvalue weighted by Crippen LogP contribution is 2.25. The van der Waals surface area contributed by atoms with Gasteiger partial charge in [-0.25, -0.2) is 0 Å². The molecule has 188 valence electrons. The summed E-state index contributed by atoms with van der Waals surface area (Å²) in [7, 11) is 4.18. The van der Waals surface area contributed by atoms with Crippen LogP contribution in [-0.4, -0.2) is 76.4 Å². The number of hydrogen-bond donors (Lipinski definition) is 1. The van der Waals surface area contributed by atoms with Gasteiger partial charge in [0.05, 0.1) is 13.2 Å². The lowest BCUT2D eigenvalue weighted by Crippen LogP contribution is -2.38. The van der Waals surface area contributed by atoms with E-state index in [1.54, 1.807) is 0 Å². The molecular formula is C28H43N3O3. The molecule has 0 unspecified atom stereocenters. The van der Waals surface area contributed by atoms with Gasteiger partial charge in [-0.1, -0.05) is 45.0 Å². The Morgan fingerprint density at radius 3 is 2.26 bits per heavy atom. The number of nitrogens with zero attached hydrogens (tertiary/aromatic N) is 2. The number of likely N-dealkylation sites (N-methyl/N-ethyl adjacent to an activating group) is 1. The minimum absolute atomic E-state index is 0.154. The quantitative estimate of drug-likeness (QED) is 0.476. The van der Waals surface area contributed by atoms with Crippen LogP contribution in [0.2, 0.25) is 0 Å². The fourth-order valence-corrected chi connectivity index (χ4v) is 3.82. The summed E-state index contributed by atoms with van der Waals surface area (Å²) in [5.74, 6) is 1.70. The molecule has 1 fully saturated rings. The molecule has 1 aliphatic heterocycles. The molecule has 6 nitrogen and oxygen atoms in total. The first-order valence-electron chi connectivity index (χ1n) is 12.4. The summed E-state index contributed by atoms with van der Waals surface area (Å²) < 4.78 is 17.8. The average molecular weight is 470 g/mol. The van der Waals surface area contributed by atoms with Crippen molar-refractivity contribution >= 4 is 0 Å². The molecule has 0 radical (unpaired) electrons. The zero-order chi connectivity index (χ0) is 24.4. The number of morpholine rings is 1. The molecular weight excluding hydrogens is 426 g/mol. The third-order valence-corrected chi connectivity index (χ3v) is 6.01. The van der Waals surface area contributed by atoms with Crippen LogP contribution in [0, 0.1) is 0 Å². The highest BCUT2D eigenvalue weighted by molar-refractivity contribution is 5.39. The molecule has 0 saturated carbocycles. The Balaban J connectivity index is 1.60. The summed E-state index contributed by atoms with van der Waals surface area (Å²) in [5, 5.41) is 3.51. The van der Waals surface area contributed by atoms with Crippen molar-refractivity contribution in [3.8, 4) is 11.5 Å². The lowest BCUT2D eigenvalue weighted by atomic mass is 9.87. The van der Waals surface area contributed by atoms with Crippen molar-refractivity contribution in [3.63, 3.8) is 0 Å². The first kappa shape index (κ1) is 26.5. The van der Waals surface area contributed by atoms with Crippen molar-refractivity contribution in [2.75, 3.05) is 66.6 Å². The van der Waals surface area contributed by atoms with E-state index >= 15 is 0 Å². The molecule has 0 spiro atoms. The minimum Gasteiger partial charge on any atom is -0.492 e. The van der Waals surface area contributed by atoms with Gasteiger partial charge in [-0.2, -0.15) is 0 Å². The van der Waals surface area contributed by atoms with Crippen LogP contribution in [0.25, 0.3) is 0 Å². The number of hydrogen-bond acceptors (Lipinski definition) is 6. The molecule has 0 amide bonds. The fraction of sp³-hybridized carbons (Fsp3) is 0.571. The predicted octanol–water partition coefficient (Wildman–Crippen LogP) is 3.93. The highest BCUT2D eigenvalue weighted by atomic mass is 16.5. The van der Waals surface area contributed by atoms with Gasteiger partial charge in [0, 0.05) is 45.3 Å². The molecule has 2 aromatic rings. The van der Waals surface area contributed by atoms with Crippen molar-refractivity contribution in [2.24, 2.45) is 0 Å².